The number of rotatable bonds is 12. The highest BCUT2D eigenvalue weighted by Crippen LogP contribution is 2.00. The van der Waals surface area contributed by atoms with Crippen LogP contribution < -0.4 is 0 Å². The van der Waals surface area contributed by atoms with Crippen LogP contribution in [-0.4, -0.2) is 6.29 Å². The van der Waals surface area contributed by atoms with Gasteiger partial charge in [-0.2, -0.15) is 0 Å². The molecule has 105 valence electrons. The van der Waals surface area contributed by atoms with E-state index in [2.05, 4.69) is 55.5 Å². The zero-order valence-electron chi connectivity index (χ0n) is 12.2. The Balaban J connectivity index is 3.35. The van der Waals surface area contributed by atoms with Crippen molar-refractivity contribution >= 4 is 6.29 Å². The van der Waals surface area contributed by atoms with Gasteiger partial charge in [0.15, 0.2) is 6.29 Å². The molecule has 0 aromatic heterocycles. The first-order chi connectivity index (χ1) is 9.41. The van der Waals surface area contributed by atoms with Crippen molar-refractivity contribution < 1.29 is 4.79 Å². The summed E-state index contributed by atoms with van der Waals surface area (Å²) in [6.45, 7) is 2.15. The van der Waals surface area contributed by atoms with Crippen LogP contribution >= 0.6 is 0 Å². The van der Waals surface area contributed by atoms with Crippen LogP contribution in [0, 0.1) is 0 Å². The maximum Gasteiger partial charge on any atom is 0.198 e. The molecule has 1 nitrogen and oxygen atoms in total. The van der Waals surface area contributed by atoms with E-state index in [0.717, 1.165) is 44.9 Å². The zero-order valence-corrected chi connectivity index (χ0v) is 12.2. The summed E-state index contributed by atoms with van der Waals surface area (Å²) in [6.07, 6.45) is 27.4. The molecule has 0 rings (SSSR count). The second kappa shape index (κ2) is 16.6. The molecule has 0 bridgehead atoms. The van der Waals surface area contributed by atoms with Crippen LogP contribution in [0.1, 0.15) is 58.3 Å². The number of unbranched alkanes of at least 4 members (excludes halogenated alkanes) is 3. The van der Waals surface area contributed by atoms with Crippen LogP contribution in [-0.2, 0) is 4.79 Å². The molecule has 0 aromatic rings. The summed E-state index contributed by atoms with van der Waals surface area (Å²) in [5, 5.41) is 0. The third-order valence-electron chi connectivity index (χ3n) is 2.62. The molecular formula is C18H27O. The molecule has 0 aliphatic rings. The van der Waals surface area contributed by atoms with Crippen molar-refractivity contribution in [3.8, 4) is 0 Å². The van der Waals surface area contributed by atoms with Gasteiger partial charge in [-0.05, 0) is 44.9 Å². The first-order valence-electron chi connectivity index (χ1n) is 7.36. The van der Waals surface area contributed by atoms with Crippen LogP contribution in [0.2, 0.25) is 0 Å². The van der Waals surface area contributed by atoms with E-state index in [1.54, 1.807) is 0 Å². The van der Waals surface area contributed by atoms with Gasteiger partial charge in [-0.3, -0.25) is 4.79 Å². The fourth-order valence-electron chi connectivity index (χ4n) is 1.56. The largest absolute Gasteiger partial charge is 0.291 e. The van der Waals surface area contributed by atoms with E-state index in [9.17, 15) is 4.79 Å². The van der Waals surface area contributed by atoms with Crippen LogP contribution in [0.3, 0.4) is 0 Å². The topological polar surface area (TPSA) is 17.1 Å². The van der Waals surface area contributed by atoms with Crippen LogP contribution in [0.5, 0.6) is 0 Å². The Morgan fingerprint density at radius 2 is 1.26 bits per heavy atom. The first kappa shape index (κ1) is 17.6. The molecule has 0 saturated heterocycles. The smallest absolute Gasteiger partial charge is 0.198 e. The summed E-state index contributed by atoms with van der Waals surface area (Å²) in [6, 6.07) is 0. The highest BCUT2D eigenvalue weighted by molar-refractivity contribution is 5.50. The monoisotopic (exact) mass is 259 g/mol. The Bertz CT molecular complexity index is 295. The van der Waals surface area contributed by atoms with Crippen molar-refractivity contribution in [3.05, 3.63) is 48.6 Å². The summed E-state index contributed by atoms with van der Waals surface area (Å²) in [4.78, 5) is 9.98. The summed E-state index contributed by atoms with van der Waals surface area (Å²) >= 11 is 0. The third kappa shape index (κ3) is 16.6. The van der Waals surface area contributed by atoms with E-state index >= 15 is 0 Å². The van der Waals surface area contributed by atoms with Gasteiger partial charge in [0.05, 0.1) is 0 Å². The molecule has 19 heavy (non-hydrogen) atoms. The van der Waals surface area contributed by atoms with Gasteiger partial charge < -0.3 is 0 Å². The quantitative estimate of drug-likeness (QED) is 0.336. The highest BCUT2D eigenvalue weighted by atomic mass is 16.1. The lowest BCUT2D eigenvalue weighted by molar-refractivity contribution is 0.547. The zero-order chi connectivity index (χ0) is 14.0. The minimum Gasteiger partial charge on any atom is -0.291 e. The highest BCUT2D eigenvalue weighted by Gasteiger charge is 1.84. The molecule has 0 aromatic carbocycles. The lowest BCUT2D eigenvalue weighted by Gasteiger charge is -1.90. The van der Waals surface area contributed by atoms with Crippen molar-refractivity contribution in [2.24, 2.45) is 0 Å². The van der Waals surface area contributed by atoms with Gasteiger partial charge in [0.1, 0.15) is 0 Å². The summed E-state index contributed by atoms with van der Waals surface area (Å²) in [5.74, 6) is 0. The van der Waals surface area contributed by atoms with Crippen LogP contribution in [0.15, 0.2) is 48.6 Å². The van der Waals surface area contributed by atoms with E-state index in [0.29, 0.717) is 6.42 Å². The molecule has 0 saturated carbocycles. The maximum absolute atomic E-state index is 9.98. The van der Waals surface area contributed by atoms with Crippen molar-refractivity contribution in [2.75, 3.05) is 0 Å². The molecule has 0 amide bonds. The number of carbonyl (C=O) groups excluding carboxylic acids is 1. The van der Waals surface area contributed by atoms with Crippen molar-refractivity contribution in [3.63, 3.8) is 0 Å². The summed E-state index contributed by atoms with van der Waals surface area (Å²) in [7, 11) is 0. The third-order valence-corrected chi connectivity index (χ3v) is 2.62. The van der Waals surface area contributed by atoms with E-state index in [4.69, 9.17) is 0 Å². The molecule has 0 N–H and O–H groups in total. The molecule has 1 heteroatoms. The molecule has 0 aliphatic heterocycles. The van der Waals surface area contributed by atoms with Crippen molar-refractivity contribution in [1.29, 1.82) is 0 Å². The fraction of sp³-hybridized carbons (Fsp3) is 0.500. The fourth-order valence-corrected chi connectivity index (χ4v) is 1.56. The summed E-state index contributed by atoms with van der Waals surface area (Å²) < 4.78 is 0. The second-order valence-electron chi connectivity index (χ2n) is 4.39. The minimum absolute atomic E-state index is 0.577. The lowest BCUT2D eigenvalue weighted by Crippen LogP contribution is -1.75. The predicted molar refractivity (Wildman–Crippen MR) is 84.9 cm³/mol. The van der Waals surface area contributed by atoms with Crippen molar-refractivity contribution in [1.82, 2.24) is 0 Å². The number of allylic oxidation sites excluding steroid dienone is 8. The average Bonchev–Trinajstić information content (AvgIpc) is 2.43. The van der Waals surface area contributed by atoms with Gasteiger partial charge in [-0.25, -0.2) is 0 Å². The van der Waals surface area contributed by atoms with Crippen molar-refractivity contribution in [2.45, 2.75) is 58.3 Å². The van der Waals surface area contributed by atoms with Gasteiger partial charge in [0, 0.05) is 6.42 Å². The molecule has 0 unspecified atom stereocenters. The Kier molecular flexibility index (Phi) is 15.4. The van der Waals surface area contributed by atoms with E-state index in [1.807, 2.05) is 6.29 Å². The Labute approximate surface area is 118 Å². The molecular weight excluding hydrogens is 232 g/mol. The predicted octanol–water partition coefficient (Wildman–Crippen LogP) is 5.46. The second-order valence-corrected chi connectivity index (χ2v) is 4.39. The molecule has 1 radical (unpaired) electrons. The lowest BCUT2D eigenvalue weighted by atomic mass is 10.2. The van der Waals surface area contributed by atoms with E-state index < -0.39 is 0 Å². The normalized spacial score (nSPS) is 12.5. The van der Waals surface area contributed by atoms with Gasteiger partial charge in [0.2, 0.25) is 0 Å². The molecule has 0 aliphatic carbocycles. The van der Waals surface area contributed by atoms with Gasteiger partial charge in [0.25, 0.3) is 0 Å². The maximum atomic E-state index is 9.98. The van der Waals surface area contributed by atoms with Crippen LogP contribution in [0.4, 0.5) is 0 Å². The number of hydrogen-bond acceptors (Lipinski definition) is 1. The Morgan fingerprint density at radius 1 is 0.737 bits per heavy atom. The Morgan fingerprint density at radius 3 is 1.79 bits per heavy atom. The summed E-state index contributed by atoms with van der Waals surface area (Å²) in [5.41, 5.74) is 0. The van der Waals surface area contributed by atoms with Gasteiger partial charge in [-0.15, -0.1) is 0 Å². The van der Waals surface area contributed by atoms with Gasteiger partial charge >= 0.3 is 0 Å². The van der Waals surface area contributed by atoms with E-state index in [1.165, 1.54) is 0 Å². The van der Waals surface area contributed by atoms with Gasteiger partial charge in [-0.1, -0.05) is 55.5 Å². The molecule has 0 fully saturated rings. The van der Waals surface area contributed by atoms with Crippen LogP contribution in [0.25, 0.3) is 0 Å². The minimum atomic E-state index is 0.577. The molecule has 0 spiro atoms. The average molecular weight is 259 g/mol. The van der Waals surface area contributed by atoms with E-state index in [-0.39, 0.29) is 0 Å². The molecule has 0 atom stereocenters. The first-order valence-corrected chi connectivity index (χ1v) is 7.36. The SMILES string of the molecule is CCC=CCC=CCC=CCC=CCCCC[C]=O. The Hall–Kier alpha value is -1.37. The molecule has 0 heterocycles. The number of hydrogen-bond donors (Lipinski definition) is 0. The standard InChI is InChI=1S/C18H27O/c1-2-3-4-5-6-7-8-9-10-11-12-13-14-15-16-17-18-19/h3-4,6-7,9-10,12-13H,2,5,8,11,14-17H2,1H3.